The van der Waals surface area contributed by atoms with Crippen LogP contribution in [-0.2, 0) is 23.9 Å². The lowest BCUT2D eigenvalue weighted by Gasteiger charge is -2.26. The van der Waals surface area contributed by atoms with Gasteiger partial charge in [-0.05, 0) is 33.1 Å². The maximum absolute atomic E-state index is 12.2. The molecule has 1 aliphatic carbocycles. The molecule has 8 heteroatoms. The van der Waals surface area contributed by atoms with Gasteiger partial charge in [-0.2, -0.15) is 0 Å². The minimum Gasteiger partial charge on any atom is -0.464 e. The molecule has 0 spiro atoms. The highest BCUT2D eigenvalue weighted by atomic mass is 35.5. The predicted molar refractivity (Wildman–Crippen MR) is 82.4 cm³/mol. The average molecular weight is 337 g/mol. The molecule has 1 aliphatic rings. The Bertz CT molecular complexity index is 373. The summed E-state index contributed by atoms with van der Waals surface area (Å²) < 4.78 is 9.60. The lowest BCUT2D eigenvalue weighted by Crippen LogP contribution is -2.51. The third-order valence-corrected chi connectivity index (χ3v) is 3.42. The largest absolute Gasteiger partial charge is 0.464 e. The zero-order chi connectivity index (χ0) is 15.8. The van der Waals surface area contributed by atoms with E-state index in [1.165, 1.54) is 0 Å². The first-order valence-corrected chi connectivity index (χ1v) is 7.38. The van der Waals surface area contributed by atoms with Gasteiger partial charge >= 0.3 is 11.9 Å². The van der Waals surface area contributed by atoms with Crippen molar-refractivity contribution in [2.24, 2.45) is 11.7 Å². The normalized spacial score (nSPS) is 20.7. The number of rotatable bonds is 6. The van der Waals surface area contributed by atoms with Crippen molar-refractivity contribution in [3.05, 3.63) is 0 Å². The van der Waals surface area contributed by atoms with E-state index in [1.807, 2.05) is 0 Å². The Morgan fingerprint density at radius 3 is 2.14 bits per heavy atom. The van der Waals surface area contributed by atoms with Crippen LogP contribution in [0.15, 0.2) is 0 Å². The number of esters is 2. The molecule has 1 rings (SSSR count). The molecular weight excluding hydrogens is 312 g/mol. The van der Waals surface area contributed by atoms with Crippen molar-refractivity contribution >= 4 is 30.3 Å². The number of hydrogen-bond acceptors (Lipinski definition) is 6. The quantitative estimate of drug-likeness (QED) is 0.541. The Morgan fingerprint density at radius 1 is 1.14 bits per heavy atom. The van der Waals surface area contributed by atoms with Crippen molar-refractivity contribution in [1.29, 1.82) is 0 Å². The second kappa shape index (κ2) is 10.4. The van der Waals surface area contributed by atoms with Gasteiger partial charge in [0.15, 0.2) is 0 Å². The van der Waals surface area contributed by atoms with Crippen molar-refractivity contribution in [3.63, 3.8) is 0 Å². The van der Waals surface area contributed by atoms with Crippen LogP contribution in [-0.4, -0.2) is 43.1 Å². The van der Waals surface area contributed by atoms with Crippen LogP contribution in [0, 0.1) is 5.92 Å². The van der Waals surface area contributed by atoms with E-state index in [2.05, 4.69) is 5.32 Å². The molecule has 0 aromatic carbocycles. The molecule has 128 valence electrons. The van der Waals surface area contributed by atoms with Gasteiger partial charge in [0, 0.05) is 12.0 Å². The monoisotopic (exact) mass is 336 g/mol. The average Bonchev–Trinajstić information content (AvgIpc) is 2.44. The molecule has 0 saturated heterocycles. The smallest absolute Gasteiger partial charge is 0.340 e. The first kappa shape index (κ1) is 20.7. The molecule has 1 fully saturated rings. The van der Waals surface area contributed by atoms with Gasteiger partial charge in [-0.15, -0.1) is 12.4 Å². The molecule has 0 radical (unpaired) electrons. The second-order valence-corrected chi connectivity index (χ2v) is 5.07. The summed E-state index contributed by atoms with van der Waals surface area (Å²) in [7, 11) is 0. The zero-order valence-electron chi connectivity index (χ0n) is 13.0. The summed E-state index contributed by atoms with van der Waals surface area (Å²) >= 11 is 0. The fourth-order valence-electron chi connectivity index (χ4n) is 2.39. The lowest BCUT2D eigenvalue weighted by molar-refractivity contribution is -0.160. The van der Waals surface area contributed by atoms with Crippen LogP contribution in [0.1, 0.15) is 39.5 Å². The lowest BCUT2D eigenvalue weighted by atomic mass is 9.85. The van der Waals surface area contributed by atoms with Crippen molar-refractivity contribution in [3.8, 4) is 0 Å². The standard InChI is InChI=1S/C14H24N2O5.ClH/c1-3-20-13(18)11(14(19)21-4-2)16-12(17)9-6-5-7-10(15)8-9;/h9-11H,3-8,15H2,1-2H3,(H,16,17);1H. The van der Waals surface area contributed by atoms with E-state index in [-0.39, 0.29) is 43.5 Å². The summed E-state index contributed by atoms with van der Waals surface area (Å²) in [4.78, 5) is 35.7. The summed E-state index contributed by atoms with van der Waals surface area (Å²) in [5.41, 5.74) is 5.85. The topological polar surface area (TPSA) is 108 Å². The first-order valence-electron chi connectivity index (χ1n) is 7.38. The number of amides is 1. The molecule has 0 heterocycles. The minimum absolute atomic E-state index is 0. The Labute approximate surface area is 136 Å². The highest BCUT2D eigenvalue weighted by molar-refractivity contribution is 6.02. The van der Waals surface area contributed by atoms with Crippen LogP contribution in [0.3, 0.4) is 0 Å². The maximum atomic E-state index is 12.2. The molecule has 7 nitrogen and oxygen atoms in total. The van der Waals surface area contributed by atoms with Crippen molar-refractivity contribution < 1.29 is 23.9 Å². The Kier molecular flexibility index (Phi) is 9.76. The van der Waals surface area contributed by atoms with Crippen molar-refractivity contribution in [2.75, 3.05) is 13.2 Å². The molecule has 0 aromatic heterocycles. The zero-order valence-corrected chi connectivity index (χ0v) is 13.8. The predicted octanol–water partition coefficient (Wildman–Crippen LogP) is 0.537. The fraction of sp³-hybridized carbons (Fsp3) is 0.786. The minimum atomic E-state index is -1.41. The van der Waals surface area contributed by atoms with Gasteiger partial charge in [-0.25, -0.2) is 9.59 Å². The number of halogens is 1. The number of ether oxygens (including phenoxy) is 2. The summed E-state index contributed by atoms with van der Waals surface area (Å²) in [5, 5.41) is 2.43. The van der Waals surface area contributed by atoms with Crippen LogP contribution in [0.25, 0.3) is 0 Å². The van der Waals surface area contributed by atoms with Gasteiger partial charge in [0.1, 0.15) is 0 Å². The number of carbonyl (C=O) groups excluding carboxylic acids is 3. The summed E-state index contributed by atoms with van der Waals surface area (Å²) in [6.45, 7) is 3.50. The summed E-state index contributed by atoms with van der Waals surface area (Å²) in [5.74, 6) is -2.23. The Hall–Kier alpha value is -1.34. The maximum Gasteiger partial charge on any atom is 0.340 e. The number of nitrogens with two attached hydrogens (primary N) is 1. The van der Waals surface area contributed by atoms with Gasteiger partial charge in [0.05, 0.1) is 13.2 Å². The van der Waals surface area contributed by atoms with E-state index in [1.54, 1.807) is 13.8 Å². The van der Waals surface area contributed by atoms with E-state index in [9.17, 15) is 14.4 Å². The van der Waals surface area contributed by atoms with Crippen molar-refractivity contribution in [2.45, 2.75) is 51.6 Å². The van der Waals surface area contributed by atoms with Crippen LogP contribution in [0.5, 0.6) is 0 Å². The molecule has 2 unspecified atom stereocenters. The SMILES string of the molecule is CCOC(=O)C(NC(=O)C1CCCC(N)C1)C(=O)OCC.Cl. The molecule has 22 heavy (non-hydrogen) atoms. The molecule has 1 saturated carbocycles. The van der Waals surface area contributed by atoms with Crippen LogP contribution in [0.4, 0.5) is 0 Å². The third-order valence-electron chi connectivity index (χ3n) is 3.42. The van der Waals surface area contributed by atoms with Gasteiger partial charge in [-0.1, -0.05) is 6.42 Å². The molecule has 0 bridgehead atoms. The van der Waals surface area contributed by atoms with E-state index in [0.29, 0.717) is 12.8 Å². The molecule has 1 amide bonds. The van der Waals surface area contributed by atoms with Crippen LogP contribution >= 0.6 is 12.4 Å². The van der Waals surface area contributed by atoms with Crippen LogP contribution in [0.2, 0.25) is 0 Å². The van der Waals surface area contributed by atoms with Gasteiger partial charge in [0.25, 0.3) is 0 Å². The van der Waals surface area contributed by atoms with Crippen molar-refractivity contribution in [1.82, 2.24) is 5.32 Å². The molecule has 0 aliphatic heterocycles. The third kappa shape index (κ3) is 6.19. The first-order chi connectivity index (χ1) is 9.99. The van der Waals surface area contributed by atoms with Gasteiger partial charge in [0.2, 0.25) is 11.9 Å². The van der Waals surface area contributed by atoms with E-state index >= 15 is 0 Å². The molecule has 3 N–H and O–H groups in total. The fourth-order valence-corrected chi connectivity index (χ4v) is 2.39. The number of hydrogen-bond donors (Lipinski definition) is 2. The summed E-state index contributed by atoms with van der Waals surface area (Å²) in [6, 6.07) is -1.42. The summed E-state index contributed by atoms with van der Waals surface area (Å²) in [6.07, 6.45) is 3.02. The van der Waals surface area contributed by atoms with E-state index < -0.39 is 18.0 Å². The highest BCUT2D eigenvalue weighted by Gasteiger charge is 2.34. The Balaban J connectivity index is 0.00000441. The van der Waals surface area contributed by atoms with E-state index in [4.69, 9.17) is 15.2 Å². The highest BCUT2D eigenvalue weighted by Crippen LogP contribution is 2.23. The molecule has 2 atom stereocenters. The Morgan fingerprint density at radius 2 is 1.68 bits per heavy atom. The van der Waals surface area contributed by atoms with Gasteiger partial charge < -0.3 is 20.5 Å². The number of nitrogens with one attached hydrogen (secondary N) is 1. The van der Waals surface area contributed by atoms with Crippen LogP contribution < -0.4 is 11.1 Å². The molecule has 0 aromatic rings. The number of carbonyl (C=O) groups is 3. The molecular formula is C14H25ClN2O5. The second-order valence-electron chi connectivity index (χ2n) is 5.07. The van der Waals surface area contributed by atoms with E-state index in [0.717, 1.165) is 12.8 Å². The van der Waals surface area contributed by atoms with Gasteiger partial charge in [-0.3, -0.25) is 4.79 Å².